The number of carbonyl (C=O) groups excluding carboxylic acids is 1. The summed E-state index contributed by atoms with van der Waals surface area (Å²) in [4.78, 5) is 14.1. The van der Waals surface area contributed by atoms with Gasteiger partial charge in [0.15, 0.2) is 0 Å². The molecule has 19 heavy (non-hydrogen) atoms. The lowest BCUT2D eigenvalue weighted by atomic mass is 10.2. The van der Waals surface area contributed by atoms with Crippen molar-refractivity contribution in [2.45, 2.75) is 0 Å². The van der Waals surface area contributed by atoms with E-state index in [1.807, 2.05) is 43.3 Å². The summed E-state index contributed by atoms with van der Waals surface area (Å²) in [6.45, 7) is 1.37. The molecule has 0 aliphatic rings. The van der Waals surface area contributed by atoms with Gasteiger partial charge < -0.3 is 10.2 Å². The summed E-state index contributed by atoms with van der Waals surface area (Å²) < 4.78 is 1.33. The second kappa shape index (κ2) is 5.95. The molecule has 0 saturated heterocycles. The molecule has 0 aliphatic heterocycles. The highest BCUT2D eigenvalue weighted by Gasteiger charge is 2.09. The Kier molecular flexibility index (Phi) is 4.29. The van der Waals surface area contributed by atoms with Gasteiger partial charge in [0.25, 0.3) is 5.91 Å². The van der Waals surface area contributed by atoms with Gasteiger partial charge in [0.1, 0.15) is 4.67 Å². The van der Waals surface area contributed by atoms with Gasteiger partial charge in [-0.25, -0.2) is 0 Å². The van der Waals surface area contributed by atoms with E-state index in [1.54, 1.807) is 6.07 Å². The third-order valence-electron chi connectivity index (χ3n) is 2.76. The minimum absolute atomic E-state index is 0.172. The molecule has 0 spiro atoms. The second-order valence-corrected chi connectivity index (χ2v) is 5.64. The predicted octanol–water partition coefficient (Wildman–Crippen LogP) is 1.67. The van der Waals surface area contributed by atoms with Gasteiger partial charge in [0.2, 0.25) is 0 Å². The van der Waals surface area contributed by atoms with Gasteiger partial charge in [-0.15, -0.1) is 11.3 Å². The van der Waals surface area contributed by atoms with Crippen molar-refractivity contribution >= 4 is 27.3 Å². The van der Waals surface area contributed by atoms with Gasteiger partial charge >= 0.3 is 0 Å². The van der Waals surface area contributed by atoms with E-state index in [4.69, 9.17) is 5.41 Å². The smallest absolute Gasteiger partial charge is 0.254 e. The van der Waals surface area contributed by atoms with E-state index in [0.29, 0.717) is 16.8 Å². The molecule has 0 saturated carbocycles. The van der Waals surface area contributed by atoms with Gasteiger partial charge in [0, 0.05) is 17.8 Å². The standard InChI is InChI=1S/C14H17N3OS/c1-17(2)8-7-16-14(18)11-9-10-5-3-4-6-12(10)19-13(11)15/h3-6,9,15H,7-8H2,1-2H3,(H,16,18). The Morgan fingerprint density at radius 3 is 2.84 bits per heavy atom. The monoisotopic (exact) mass is 275 g/mol. The van der Waals surface area contributed by atoms with Gasteiger partial charge in [-0.1, -0.05) is 18.2 Å². The lowest BCUT2D eigenvalue weighted by Crippen LogP contribution is -2.33. The Hall–Kier alpha value is -1.72. The summed E-state index contributed by atoms with van der Waals surface area (Å²) >= 11 is 1.33. The third-order valence-corrected chi connectivity index (χ3v) is 3.78. The number of nitrogens with zero attached hydrogens (tertiary/aromatic N) is 1. The lowest BCUT2D eigenvalue weighted by molar-refractivity contribution is 0.0950. The zero-order chi connectivity index (χ0) is 13.8. The van der Waals surface area contributed by atoms with Crippen molar-refractivity contribution in [3.8, 4) is 0 Å². The van der Waals surface area contributed by atoms with Crippen LogP contribution >= 0.6 is 11.3 Å². The van der Waals surface area contributed by atoms with E-state index in [-0.39, 0.29) is 5.91 Å². The van der Waals surface area contributed by atoms with Crippen LogP contribution in [0.5, 0.6) is 0 Å². The van der Waals surface area contributed by atoms with Crippen molar-refractivity contribution < 1.29 is 4.79 Å². The highest BCUT2D eigenvalue weighted by molar-refractivity contribution is 7.16. The molecule has 1 heterocycles. The van der Waals surface area contributed by atoms with E-state index < -0.39 is 0 Å². The van der Waals surface area contributed by atoms with Crippen LogP contribution in [-0.2, 0) is 0 Å². The average Bonchev–Trinajstić information content (AvgIpc) is 2.37. The van der Waals surface area contributed by atoms with Gasteiger partial charge in [-0.2, -0.15) is 0 Å². The molecular formula is C14H17N3OS. The summed E-state index contributed by atoms with van der Waals surface area (Å²) in [5, 5.41) is 11.8. The molecule has 5 heteroatoms. The third kappa shape index (κ3) is 3.39. The normalized spacial score (nSPS) is 10.9. The highest BCUT2D eigenvalue weighted by Crippen LogP contribution is 2.16. The average molecular weight is 275 g/mol. The number of likely N-dealkylation sites (N-methyl/N-ethyl adjacent to an activating group) is 1. The molecule has 0 unspecified atom stereocenters. The maximum Gasteiger partial charge on any atom is 0.254 e. The second-order valence-electron chi connectivity index (χ2n) is 4.59. The Morgan fingerprint density at radius 1 is 1.37 bits per heavy atom. The zero-order valence-corrected chi connectivity index (χ0v) is 11.9. The van der Waals surface area contributed by atoms with Crippen LogP contribution in [0.3, 0.4) is 0 Å². The minimum atomic E-state index is -0.172. The molecule has 0 aliphatic carbocycles. The fourth-order valence-corrected chi connectivity index (χ4v) is 2.61. The van der Waals surface area contributed by atoms with E-state index >= 15 is 0 Å². The van der Waals surface area contributed by atoms with Crippen LogP contribution in [-0.4, -0.2) is 38.0 Å². The number of fused-ring (bicyclic) bond motifs is 1. The number of nitrogens with one attached hydrogen (secondary N) is 2. The number of benzene rings is 1. The van der Waals surface area contributed by atoms with E-state index in [9.17, 15) is 4.79 Å². The largest absolute Gasteiger partial charge is 0.351 e. The van der Waals surface area contributed by atoms with Crippen molar-refractivity contribution in [2.24, 2.45) is 0 Å². The maximum atomic E-state index is 12.0. The number of rotatable bonds is 4. The van der Waals surface area contributed by atoms with Gasteiger partial charge in [0.05, 0.1) is 5.56 Å². The molecule has 1 aromatic carbocycles. The molecule has 100 valence electrons. The molecule has 2 aromatic rings. The van der Waals surface area contributed by atoms with Gasteiger partial charge in [-0.05, 0) is 31.6 Å². The van der Waals surface area contributed by atoms with Crippen molar-refractivity contribution in [1.29, 1.82) is 5.41 Å². The molecule has 0 fully saturated rings. The summed E-state index contributed by atoms with van der Waals surface area (Å²) in [5.41, 5.74) is 0.447. The Bertz CT molecular complexity index is 648. The lowest BCUT2D eigenvalue weighted by Gasteiger charge is -2.10. The number of carbonyl (C=O) groups is 1. The van der Waals surface area contributed by atoms with Crippen molar-refractivity contribution in [2.75, 3.05) is 27.2 Å². The molecule has 0 bridgehead atoms. The van der Waals surface area contributed by atoms with E-state index in [1.165, 1.54) is 11.3 Å². The molecule has 2 N–H and O–H groups in total. The highest BCUT2D eigenvalue weighted by atomic mass is 32.1. The van der Waals surface area contributed by atoms with Crippen LogP contribution in [0, 0.1) is 5.41 Å². The fourth-order valence-electron chi connectivity index (χ4n) is 1.74. The summed E-state index contributed by atoms with van der Waals surface area (Å²) in [5.74, 6) is -0.172. The molecule has 2 rings (SSSR count). The Labute approximate surface area is 116 Å². The minimum Gasteiger partial charge on any atom is -0.351 e. The molecular weight excluding hydrogens is 258 g/mol. The van der Waals surface area contributed by atoms with Crippen molar-refractivity contribution in [1.82, 2.24) is 10.2 Å². The first-order valence-electron chi connectivity index (χ1n) is 6.08. The van der Waals surface area contributed by atoms with Crippen LogP contribution in [0.15, 0.2) is 30.3 Å². The first-order valence-corrected chi connectivity index (χ1v) is 6.90. The number of amides is 1. The van der Waals surface area contributed by atoms with E-state index in [2.05, 4.69) is 5.32 Å². The molecule has 0 radical (unpaired) electrons. The van der Waals surface area contributed by atoms with Crippen LogP contribution in [0.4, 0.5) is 0 Å². The molecule has 4 nitrogen and oxygen atoms in total. The van der Waals surface area contributed by atoms with Crippen LogP contribution < -0.4 is 9.99 Å². The zero-order valence-electron chi connectivity index (χ0n) is 11.1. The number of hydrogen-bond donors (Lipinski definition) is 2. The predicted molar refractivity (Wildman–Crippen MR) is 78.6 cm³/mol. The summed E-state index contributed by atoms with van der Waals surface area (Å²) in [7, 11) is 3.92. The van der Waals surface area contributed by atoms with Crippen LogP contribution in [0.25, 0.3) is 10.1 Å². The van der Waals surface area contributed by atoms with Crippen molar-refractivity contribution in [3.63, 3.8) is 0 Å². The van der Waals surface area contributed by atoms with Crippen LogP contribution in [0.2, 0.25) is 0 Å². The van der Waals surface area contributed by atoms with E-state index in [0.717, 1.165) is 16.6 Å². The topological polar surface area (TPSA) is 56.2 Å². The first-order chi connectivity index (χ1) is 9.08. The Morgan fingerprint density at radius 2 is 2.11 bits per heavy atom. The number of hydrogen-bond acceptors (Lipinski definition) is 4. The van der Waals surface area contributed by atoms with Crippen molar-refractivity contribution in [3.05, 3.63) is 40.6 Å². The summed E-state index contributed by atoms with van der Waals surface area (Å²) in [6, 6.07) is 9.59. The molecule has 0 atom stereocenters. The summed E-state index contributed by atoms with van der Waals surface area (Å²) in [6.07, 6.45) is 0. The fraction of sp³-hybridized carbons (Fsp3) is 0.286. The molecule has 1 amide bonds. The maximum absolute atomic E-state index is 12.0. The molecule has 1 aromatic heterocycles. The Balaban J connectivity index is 2.22. The first kappa shape index (κ1) is 13.7. The quantitative estimate of drug-likeness (QED) is 0.892. The van der Waals surface area contributed by atoms with Gasteiger partial charge in [-0.3, -0.25) is 10.2 Å². The van der Waals surface area contributed by atoms with Crippen LogP contribution in [0.1, 0.15) is 10.4 Å². The SMILES string of the molecule is CN(C)CCNC(=O)c1cc2ccccc2sc1=N.